The lowest BCUT2D eigenvalue weighted by atomic mass is 10.2. The van der Waals surface area contributed by atoms with E-state index in [9.17, 15) is 0 Å². The number of rotatable bonds is 5. The minimum absolute atomic E-state index is 0.853. The van der Waals surface area contributed by atoms with Gasteiger partial charge in [-0.05, 0) is 24.5 Å². The molecule has 78 valence electrons. The van der Waals surface area contributed by atoms with E-state index in [4.69, 9.17) is 4.74 Å². The first-order valence-corrected chi connectivity index (χ1v) is 5.56. The Bertz CT molecular complexity index is 246. The average molecular weight is 192 g/mol. The van der Waals surface area contributed by atoms with Crippen LogP contribution in [0.1, 0.15) is 39.5 Å². The molecule has 1 aliphatic carbocycles. The van der Waals surface area contributed by atoms with Gasteiger partial charge in [0.1, 0.15) is 0 Å². The summed E-state index contributed by atoms with van der Waals surface area (Å²) in [6.07, 6.45) is 13.0. The fraction of sp³-hybridized carbons (Fsp3) is 0.538. The van der Waals surface area contributed by atoms with Crippen LogP contribution in [-0.2, 0) is 4.74 Å². The zero-order valence-corrected chi connectivity index (χ0v) is 9.25. The smallest absolute Gasteiger partial charge is 0.0997 e. The number of hydrogen-bond acceptors (Lipinski definition) is 1. The van der Waals surface area contributed by atoms with E-state index in [2.05, 4.69) is 38.2 Å². The van der Waals surface area contributed by atoms with Crippen LogP contribution in [0.25, 0.3) is 0 Å². The topological polar surface area (TPSA) is 9.23 Å². The Morgan fingerprint density at radius 2 is 2.14 bits per heavy atom. The molecule has 1 nitrogen and oxygen atoms in total. The van der Waals surface area contributed by atoms with Crippen LogP contribution < -0.4 is 0 Å². The van der Waals surface area contributed by atoms with Crippen LogP contribution in [0.5, 0.6) is 0 Å². The highest BCUT2D eigenvalue weighted by Gasteiger charge is 1.98. The largest absolute Gasteiger partial charge is 0.498 e. The quantitative estimate of drug-likeness (QED) is 0.599. The molecule has 0 aromatic rings. The molecule has 1 aliphatic rings. The molecule has 1 heteroatoms. The normalized spacial score (nSPS) is 15.9. The molecule has 0 aromatic carbocycles. The summed E-state index contributed by atoms with van der Waals surface area (Å²) < 4.78 is 5.66. The first-order valence-electron chi connectivity index (χ1n) is 5.56. The maximum atomic E-state index is 5.66. The number of allylic oxidation sites excluding steroid dienone is 5. The molecule has 0 saturated carbocycles. The predicted molar refractivity (Wildman–Crippen MR) is 61.1 cm³/mol. The van der Waals surface area contributed by atoms with Crippen molar-refractivity contribution in [1.82, 2.24) is 0 Å². The molecule has 0 N–H and O–H groups in total. The Balaban J connectivity index is 2.43. The summed E-state index contributed by atoms with van der Waals surface area (Å²) in [6, 6.07) is 0. The number of unbranched alkanes of at least 4 members (excludes halogenated alkanes) is 1. The van der Waals surface area contributed by atoms with E-state index >= 15 is 0 Å². The van der Waals surface area contributed by atoms with Crippen LogP contribution in [0.4, 0.5) is 0 Å². The third-order valence-corrected chi connectivity index (χ3v) is 2.33. The molecule has 0 atom stereocenters. The third kappa shape index (κ3) is 3.82. The van der Waals surface area contributed by atoms with Gasteiger partial charge in [-0.25, -0.2) is 0 Å². The molecular formula is C13H20O. The van der Waals surface area contributed by atoms with Crippen molar-refractivity contribution in [2.24, 2.45) is 0 Å². The van der Waals surface area contributed by atoms with Crippen LogP contribution in [-0.4, -0.2) is 6.61 Å². The van der Waals surface area contributed by atoms with Gasteiger partial charge in [0.25, 0.3) is 0 Å². The molecular weight excluding hydrogens is 172 g/mol. The molecule has 0 radical (unpaired) electrons. The summed E-state index contributed by atoms with van der Waals surface area (Å²) in [7, 11) is 0. The molecule has 0 aliphatic heterocycles. The van der Waals surface area contributed by atoms with Crippen molar-refractivity contribution in [1.29, 1.82) is 0 Å². The second kappa shape index (κ2) is 6.47. The maximum Gasteiger partial charge on any atom is 0.0997 e. The van der Waals surface area contributed by atoms with Crippen LogP contribution in [0.15, 0.2) is 35.6 Å². The lowest BCUT2D eigenvalue weighted by molar-refractivity contribution is 0.203. The summed E-state index contributed by atoms with van der Waals surface area (Å²) in [4.78, 5) is 0. The maximum absolute atomic E-state index is 5.66. The zero-order chi connectivity index (χ0) is 10.2. The Hall–Kier alpha value is -0.980. The first kappa shape index (κ1) is 11.1. The van der Waals surface area contributed by atoms with Crippen molar-refractivity contribution in [2.45, 2.75) is 39.5 Å². The standard InChI is InChI=1S/C13H20O/c1-3-5-11-14-13-8-6-7-12(4-2)9-10-13/h6-7,9-10H,3-5,8,11H2,1-2H3. The highest BCUT2D eigenvalue weighted by molar-refractivity contribution is 5.28. The zero-order valence-electron chi connectivity index (χ0n) is 9.25. The van der Waals surface area contributed by atoms with E-state index in [1.807, 2.05) is 0 Å². The van der Waals surface area contributed by atoms with Crippen LogP contribution in [0.3, 0.4) is 0 Å². The Labute approximate surface area is 87.2 Å². The molecule has 0 unspecified atom stereocenters. The molecule has 1 rings (SSSR count). The molecule has 0 aromatic heterocycles. The molecule has 0 fully saturated rings. The number of hydrogen-bond donors (Lipinski definition) is 0. The summed E-state index contributed by atoms with van der Waals surface area (Å²) in [5.74, 6) is 1.10. The Morgan fingerprint density at radius 1 is 1.29 bits per heavy atom. The number of ether oxygens (including phenoxy) is 1. The molecule has 0 heterocycles. The SMILES string of the molecule is CCCCOC1=CC=C(CC)C=CC1. The van der Waals surface area contributed by atoms with Gasteiger partial charge < -0.3 is 4.74 Å². The van der Waals surface area contributed by atoms with E-state index in [0.717, 1.165) is 31.6 Å². The van der Waals surface area contributed by atoms with E-state index in [0.29, 0.717) is 0 Å². The molecule has 0 spiro atoms. The van der Waals surface area contributed by atoms with Crippen molar-refractivity contribution in [3.63, 3.8) is 0 Å². The van der Waals surface area contributed by atoms with Gasteiger partial charge in [-0.15, -0.1) is 0 Å². The van der Waals surface area contributed by atoms with Gasteiger partial charge in [-0.1, -0.05) is 38.5 Å². The second-order valence-electron chi connectivity index (χ2n) is 3.54. The third-order valence-electron chi connectivity index (χ3n) is 2.33. The van der Waals surface area contributed by atoms with Gasteiger partial charge in [0.15, 0.2) is 0 Å². The van der Waals surface area contributed by atoms with Gasteiger partial charge in [0, 0.05) is 6.42 Å². The van der Waals surface area contributed by atoms with Crippen molar-refractivity contribution in [3.05, 3.63) is 35.6 Å². The van der Waals surface area contributed by atoms with Gasteiger partial charge in [-0.3, -0.25) is 0 Å². The van der Waals surface area contributed by atoms with Crippen LogP contribution >= 0.6 is 0 Å². The first-order chi connectivity index (χ1) is 6.86. The van der Waals surface area contributed by atoms with Gasteiger partial charge in [-0.2, -0.15) is 0 Å². The molecule has 0 saturated heterocycles. The summed E-state index contributed by atoms with van der Waals surface area (Å²) in [6.45, 7) is 5.21. The van der Waals surface area contributed by atoms with E-state index in [1.165, 1.54) is 12.0 Å². The fourth-order valence-electron chi connectivity index (χ4n) is 1.34. The minimum Gasteiger partial charge on any atom is -0.498 e. The van der Waals surface area contributed by atoms with Crippen LogP contribution in [0.2, 0.25) is 0 Å². The fourth-order valence-corrected chi connectivity index (χ4v) is 1.34. The summed E-state index contributed by atoms with van der Waals surface area (Å²) in [5, 5.41) is 0. The Kier molecular flexibility index (Phi) is 5.13. The summed E-state index contributed by atoms with van der Waals surface area (Å²) in [5.41, 5.74) is 1.37. The minimum atomic E-state index is 0.853. The Morgan fingerprint density at radius 3 is 2.86 bits per heavy atom. The van der Waals surface area contributed by atoms with Crippen LogP contribution in [0, 0.1) is 0 Å². The molecule has 0 amide bonds. The van der Waals surface area contributed by atoms with Gasteiger partial charge >= 0.3 is 0 Å². The molecule has 0 bridgehead atoms. The van der Waals surface area contributed by atoms with Crippen molar-refractivity contribution >= 4 is 0 Å². The van der Waals surface area contributed by atoms with E-state index < -0.39 is 0 Å². The van der Waals surface area contributed by atoms with Crippen molar-refractivity contribution in [3.8, 4) is 0 Å². The highest BCUT2D eigenvalue weighted by atomic mass is 16.5. The summed E-state index contributed by atoms with van der Waals surface area (Å²) >= 11 is 0. The second-order valence-corrected chi connectivity index (χ2v) is 3.54. The monoisotopic (exact) mass is 192 g/mol. The highest BCUT2D eigenvalue weighted by Crippen LogP contribution is 2.14. The lowest BCUT2D eigenvalue weighted by Gasteiger charge is -2.06. The van der Waals surface area contributed by atoms with E-state index in [-0.39, 0.29) is 0 Å². The van der Waals surface area contributed by atoms with Crippen molar-refractivity contribution in [2.75, 3.05) is 6.61 Å². The molecule has 14 heavy (non-hydrogen) atoms. The van der Waals surface area contributed by atoms with Gasteiger partial charge in [0.2, 0.25) is 0 Å². The predicted octanol–water partition coefficient (Wildman–Crippen LogP) is 3.98. The van der Waals surface area contributed by atoms with E-state index in [1.54, 1.807) is 0 Å². The van der Waals surface area contributed by atoms with Gasteiger partial charge in [0.05, 0.1) is 12.4 Å². The lowest BCUT2D eigenvalue weighted by Crippen LogP contribution is -1.93. The van der Waals surface area contributed by atoms with Crippen molar-refractivity contribution < 1.29 is 4.74 Å². The average Bonchev–Trinajstić information content (AvgIpc) is 2.43.